The van der Waals surface area contributed by atoms with Crippen LogP contribution in [0.25, 0.3) is 5.70 Å². The van der Waals surface area contributed by atoms with Crippen molar-refractivity contribution in [2.45, 2.75) is 45.8 Å². The monoisotopic (exact) mass is 357 g/mol. The van der Waals surface area contributed by atoms with Gasteiger partial charge in [0.05, 0.1) is 17.1 Å². The lowest BCUT2D eigenvalue weighted by atomic mass is 10.1. The van der Waals surface area contributed by atoms with Gasteiger partial charge in [0.2, 0.25) is 0 Å². The number of ether oxygens (including phenoxy) is 1. The lowest BCUT2D eigenvalue weighted by molar-refractivity contribution is -0.142. The molecule has 0 amide bonds. The smallest absolute Gasteiger partial charge is 0.305 e. The fourth-order valence-electron chi connectivity index (χ4n) is 1.62. The first-order chi connectivity index (χ1) is 10.6. The molecule has 0 saturated carbocycles. The van der Waals surface area contributed by atoms with Crippen molar-refractivity contribution < 1.29 is 14.1 Å². The highest BCUT2D eigenvalue weighted by atomic mass is 35.5. The number of halogens is 1. The fraction of sp³-hybridized carbons (Fsp3) is 0.471. The third kappa shape index (κ3) is 6.45. The molecule has 0 radical (unpaired) electrons. The molecule has 23 heavy (non-hydrogen) atoms. The Hall–Kier alpha value is -1.17. The van der Waals surface area contributed by atoms with Crippen LogP contribution in [0.15, 0.2) is 29.8 Å². The Labute approximate surface area is 146 Å². The van der Waals surface area contributed by atoms with E-state index < -0.39 is 16.1 Å². The standard InChI is InChI=1S/C17H24ClNO3S/c1-6-15(20)22-11-12(2)16(19-23(21)17(3,4)5)13-7-9-14(18)10-8-13/h7-10,19H,6,11H2,1-5H3. The minimum atomic E-state index is -1.29. The van der Waals surface area contributed by atoms with E-state index in [1.165, 1.54) is 0 Å². The van der Waals surface area contributed by atoms with Gasteiger partial charge >= 0.3 is 5.97 Å². The summed E-state index contributed by atoms with van der Waals surface area (Å²) in [7, 11) is 0. The Kier molecular flexibility index (Phi) is 7.45. The van der Waals surface area contributed by atoms with Gasteiger partial charge in [-0.1, -0.05) is 30.7 Å². The molecule has 4 nitrogen and oxygen atoms in total. The number of hydrogen-bond donors (Lipinski definition) is 1. The quantitative estimate of drug-likeness (QED) is 0.615. The zero-order valence-electron chi connectivity index (χ0n) is 14.2. The van der Waals surface area contributed by atoms with Crippen molar-refractivity contribution in [1.29, 1.82) is 0 Å². The Balaban J connectivity index is 3.09. The van der Waals surface area contributed by atoms with E-state index in [9.17, 15) is 9.35 Å². The van der Waals surface area contributed by atoms with Gasteiger partial charge in [-0.15, -0.1) is 0 Å². The highest BCUT2D eigenvalue weighted by Crippen LogP contribution is 2.23. The Morgan fingerprint density at radius 3 is 2.35 bits per heavy atom. The predicted molar refractivity (Wildman–Crippen MR) is 96.3 cm³/mol. The highest BCUT2D eigenvalue weighted by Gasteiger charge is 2.28. The van der Waals surface area contributed by atoms with Crippen LogP contribution in [0, 0.1) is 0 Å². The van der Waals surface area contributed by atoms with E-state index in [-0.39, 0.29) is 12.6 Å². The third-order valence-electron chi connectivity index (χ3n) is 3.05. The molecule has 0 heterocycles. The average molecular weight is 358 g/mol. The van der Waals surface area contributed by atoms with Crippen molar-refractivity contribution in [2.75, 3.05) is 6.61 Å². The van der Waals surface area contributed by atoms with Gasteiger partial charge in [0.15, 0.2) is 0 Å². The first-order valence-corrected chi connectivity index (χ1v) is 8.97. The Morgan fingerprint density at radius 2 is 1.87 bits per heavy atom. The Morgan fingerprint density at radius 1 is 1.30 bits per heavy atom. The highest BCUT2D eigenvalue weighted by molar-refractivity contribution is 7.91. The predicted octanol–water partition coefficient (Wildman–Crippen LogP) is 4.08. The molecule has 1 N–H and O–H groups in total. The maximum absolute atomic E-state index is 12.4. The third-order valence-corrected chi connectivity index (χ3v) is 4.80. The molecule has 1 atom stereocenters. The second kappa shape index (κ2) is 8.62. The summed E-state index contributed by atoms with van der Waals surface area (Å²) in [4.78, 5) is 11.4. The summed E-state index contributed by atoms with van der Waals surface area (Å²) >= 11 is 4.64. The van der Waals surface area contributed by atoms with Crippen LogP contribution in [0.3, 0.4) is 0 Å². The second-order valence-corrected chi connectivity index (χ2v) is 8.56. The van der Waals surface area contributed by atoms with E-state index in [4.69, 9.17) is 16.3 Å². The van der Waals surface area contributed by atoms with Gasteiger partial charge in [-0.2, -0.15) is 0 Å². The maximum Gasteiger partial charge on any atom is 0.305 e. The summed E-state index contributed by atoms with van der Waals surface area (Å²) in [5.74, 6) is -0.267. The summed E-state index contributed by atoms with van der Waals surface area (Å²) < 4.78 is 20.3. The van der Waals surface area contributed by atoms with Crippen LogP contribution in [0.2, 0.25) is 5.02 Å². The fourth-order valence-corrected chi connectivity index (χ4v) is 2.53. The van der Waals surface area contributed by atoms with Crippen molar-refractivity contribution in [3.8, 4) is 0 Å². The summed E-state index contributed by atoms with van der Waals surface area (Å²) in [6, 6.07) is 7.22. The minimum Gasteiger partial charge on any atom is -0.593 e. The van der Waals surface area contributed by atoms with Gasteiger partial charge in [-0.25, -0.2) is 4.72 Å². The zero-order valence-corrected chi connectivity index (χ0v) is 15.8. The van der Waals surface area contributed by atoms with Crippen molar-refractivity contribution in [3.63, 3.8) is 0 Å². The SMILES string of the molecule is CCC(=O)OCC(C)=C(N[S+]([O-])C(C)(C)C)c1ccc(Cl)cc1. The molecule has 0 bridgehead atoms. The van der Waals surface area contributed by atoms with Crippen LogP contribution in [0.1, 0.15) is 46.6 Å². The summed E-state index contributed by atoms with van der Waals surface area (Å²) in [5.41, 5.74) is 2.34. The molecular formula is C17H24ClNO3S. The van der Waals surface area contributed by atoms with Crippen LogP contribution in [-0.4, -0.2) is 21.9 Å². The van der Waals surface area contributed by atoms with Gasteiger partial charge < -0.3 is 9.29 Å². The molecule has 0 aromatic heterocycles. The second-order valence-electron chi connectivity index (χ2n) is 6.16. The number of rotatable bonds is 6. The minimum absolute atomic E-state index is 0.152. The molecule has 0 fully saturated rings. The van der Waals surface area contributed by atoms with Gasteiger partial charge in [0.25, 0.3) is 0 Å². The molecule has 1 rings (SSSR count). The number of benzene rings is 1. The molecule has 0 aliphatic carbocycles. The van der Waals surface area contributed by atoms with Crippen molar-refractivity contribution in [3.05, 3.63) is 40.4 Å². The summed E-state index contributed by atoms with van der Waals surface area (Å²) in [6.07, 6.45) is 0.324. The summed E-state index contributed by atoms with van der Waals surface area (Å²) in [5, 5.41) is 0.625. The van der Waals surface area contributed by atoms with E-state index in [0.29, 0.717) is 17.1 Å². The maximum atomic E-state index is 12.4. The largest absolute Gasteiger partial charge is 0.593 e. The van der Waals surface area contributed by atoms with Crippen LogP contribution < -0.4 is 4.72 Å². The molecule has 0 spiro atoms. The Bertz CT molecular complexity index is 564. The van der Waals surface area contributed by atoms with Crippen LogP contribution >= 0.6 is 11.6 Å². The molecule has 1 aromatic carbocycles. The number of nitrogens with one attached hydrogen (secondary N) is 1. The molecule has 0 saturated heterocycles. The van der Waals surface area contributed by atoms with Gasteiger partial charge in [0.1, 0.15) is 11.4 Å². The lowest BCUT2D eigenvalue weighted by Crippen LogP contribution is -2.39. The number of carbonyl (C=O) groups excluding carboxylic acids is 1. The topological polar surface area (TPSA) is 61.4 Å². The van der Waals surface area contributed by atoms with E-state index >= 15 is 0 Å². The van der Waals surface area contributed by atoms with Gasteiger partial charge in [-0.3, -0.25) is 4.79 Å². The van der Waals surface area contributed by atoms with Crippen molar-refractivity contribution >= 4 is 34.6 Å². The number of carbonyl (C=O) groups is 1. The number of esters is 1. The van der Waals surface area contributed by atoms with Crippen LogP contribution in [0.5, 0.6) is 0 Å². The van der Waals surface area contributed by atoms with Gasteiger partial charge in [-0.05, 0) is 45.4 Å². The lowest BCUT2D eigenvalue weighted by Gasteiger charge is -2.26. The molecule has 6 heteroatoms. The van der Waals surface area contributed by atoms with E-state index in [1.807, 2.05) is 39.8 Å². The molecule has 1 unspecified atom stereocenters. The van der Waals surface area contributed by atoms with Crippen LogP contribution in [0.4, 0.5) is 0 Å². The van der Waals surface area contributed by atoms with Crippen LogP contribution in [-0.2, 0) is 20.9 Å². The van der Waals surface area contributed by atoms with Crippen molar-refractivity contribution in [2.24, 2.45) is 0 Å². The van der Waals surface area contributed by atoms with Gasteiger partial charge in [0, 0.05) is 17.0 Å². The van der Waals surface area contributed by atoms with E-state index in [1.54, 1.807) is 19.1 Å². The number of hydrogen-bond acceptors (Lipinski definition) is 4. The average Bonchev–Trinajstić information content (AvgIpc) is 2.49. The van der Waals surface area contributed by atoms with E-state index in [2.05, 4.69) is 4.72 Å². The van der Waals surface area contributed by atoms with Crippen molar-refractivity contribution in [1.82, 2.24) is 4.72 Å². The molecular weight excluding hydrogens is 334 g/mol. The first-order valence-electron chi connectivity index (χ1n) is 7.45. The summed E-state index contributed by atoms with van der Waals surface area (Å²) in [6.45, 7) is 9.42. The zero-order chi connectivity index (χ0) is 17.6. The first kappa shape index (κ1) is 19.9. The molecule has 0 aliphatic heterocycles. The normalized spacial score (nSPS) is 14.0. The molecule has 0 aliphatic rings. The molecule has 128 valence electrons. The van der Waals surface area contributed by atoms with E-state index in [0.717, 1.165) is 11.1 Å². The molecule has 1 aromatic rings.